The molecule has 0 aliphatic carbocycles. The molecule has 0 saturated carbocycles. The number of cyclic esters (lactones) is 1. The summed E-state index contributed by atoms with van der Waals surface area (Å²) in [6.45, 7) is 9.02. The zero-order valence-corrected chi connectivity index (χ0v) is 13.6. The lowest BCUT2D eigenvalue weighted by Gasteiger charge is -2.24. The highest BCUT2D eigenvalue weighted by Gasteiger charge is 2.31. The van der Waals surface area contributed by atoms with Crippen molar-refractivity contribution >= 4 is 17.5 Å². The highest BCUT2D eigenvalue weighted by atomic mass is 16.5. The Morgan fingerprint density at radius 3 is 2.29 bits per heavy atom. The summed E-state index contributed by atoms with van der Waals surface area (Å²) >= 11 is 0. The second-order valence-electron chi connectivity index (χ2n) is 6.17. The van der Waals surface area contributed by atoms with Crippen molar-refractivity contribution in [3.05, 3.63) is 12.2 Å². The lowest BCUT2D eigenvalue weighted by atomic mass is 9.86. The predicted molar refractivity (Wildman–Crippen MR) is 80.6 cm³/mol. The van der Waals surface area contributed by atoms with Gasteiger partial charge < -0.3 is 4.74 Å². The molecule has 4 heteroatoms. The van der Waals surface area contributed by atoms with Crippen LogP contribution < -0.4 is 0 Å². The monoisotopic (exact) mass is 294 g/mol. The van der Waals surface area contributed by atoms with E-state index in [-0.39, 0.29) is 35.4 Å². The number of hydrogen-bond acceptors (Lipinski definition) is 4. The molecule has 0 bridgehead atoms. The van der Waals surface area contributed by atoms with Crippen molar-refractivity contribution in [2.75, 3.05) is 0 Å². The highest BCUT2D eigenvalue weighted by molar-refractivity contribution is 6.00. The van der Waals surface area contributed by atoms with E-state index in [2.05, 4.69) is 0 Å². The molecule has 0 aromatic heterocycles. The van der Waals surface area contributed by atoms with Gasteiger partial charge in [0.15, 0.2) is 5.78 Å². The van der Waals surface area contributed by atoms with Gasteiger partial charge in [0.25, 0.3) is 0 Å². The summed E-state index contributed by atoms with van der Waals surface area (Å²) in [5, 5.41) is 0. The number of rotatable bonds is 1. The van der Waals surface area contributed by atoms with Gasteiger partial charge in [-0.15, -0.1) is 0 Å². The van der Waals surface area contributed by atoms with Crippen LogP contribution in [-0.4, -0.2) is 23.6 Å². The SMILES string of the molecule is CCC1OC(=O)C(C)C(=O)C(C)CC(C)C(=O)C=CC1C. The fourth-order valence-electron chi connectivity index (χ4n) is 2.65. The van der Waals surface area contributed by atoms with Crippen LogP contribution in [0, 0.1) is 23.7 Å². The van der Waals surface area contributed by atoms with Crippen LogP contribution >= 0.6 is 0 Å². The molecule has 0 aromatic rings. The smallest absolute Gasteiger partial charge is 0.316 e. The predicted octanol–water partition coefficient (Wildman–Crippen LogP) is 2.95. The first-order chi connectivity index (χ1) is 9.77. The van der Waals surface area contributed by atoms with Gasteiger partial charge in [-0.1, -0.05) is 33.8 Å². The van der Waals surface area contributed by atoms with Crippen molar-refractivity contribution in [2.24, 2.45) is 23.7 Å². The topological polar surface area (TPSA) is 60.4 Å². The highest BCUT2D eigenvalue weighted by Crippen LogP contribution is 2.22. The fraction of sp³-hybridized carbons (Fsp3) is 0.706. The minimum Gasteiger partial charge on any atom is -0.461 e. The fourth-order valence-corrected chi connectivity index (χ4v) is 2.65. The standard InChI is InChI=1S/C17H26O4/c1-6-15-10(2)7-8-14(18)11(3)9-12(4)16(19)13(5)17(20)21-15/h7-8,10-13,15H,6,9H2,1-5H3. The van der Waals surface area contributed by atoms with Crippen molar-refractivity contribution in [2.45, 2.75) is 53.6 Å². The first-order valence-electron chi connectivity index (χ1n) is 7.74. The van der Waals surface area contributed by atoms with E-state index < -0.39 is 11.9 Å². The van der Waals surface area contributed by atoms with Crippen LogP contribution in [0.3, 0.4) is 0 Å². The summed E-state index contributed by atoms with van der Waals surface area (Å²) in [5.41, 5.74) is 0. The largest absolute Gasteiger partial charge is 0.461 e. The molecule has 0 spiro atoms. The second-order valence-corrected chi connectivity index (χ2v) is 6.17. The molecule has 1 rings (SSSR count). The first kappa shape index (κ1) is 17.6. The van der Waals surface area contributed by atoms with Crippen LogP contribution in [-0.2, 0) is 19.1 Å². The van der Waals surface area contributed by atoms with Crippen LogP contribution in [0.15, 0.2) is 12.2 Å². The minimum absolute atomic E-state index is 0.0240. The van der Waals surface area contributed by atoms with Gasteiger partial charge >= 0.3 is 5.97 Å². The lowest BCUT2D eigenvalue weighted by molar-refractivity contribution is -0.158. The third kappa shape index (κ3) is 4.51. The van der Waals surface area contributed by atoms with E-state index in [0.717, 1.165) is 0 Å². The van der Waals surface area contributed by atoms with Gasteiger partial charge in [0.05, 0.1) is 0 Å². The van der Waals surface area contributed by atoms with E-state index in [1.807, 2.05) is 20.8 Å². The third-order valence-corrected chi connectivity index (χ3v) is 4.28. The summed E-state index contributed by atoms with van der Waals surface area (Å²) < 4.78 is 5.46. The summed E-state index contributed by atoms with van der Waals surface area (Å²) in [6.07, 6.45) is 4.18. The second kappa shape index (κ2) is 7.53. The number of ketones is 2. The van der Waals surface area contributed by atoms with E-state index >= 15 is 0 Å². The number of ether oxygens (including phenoxy) is 1. The number of carbonyl (C=O) groups is 3. The summed E-state index contributed by atoms with van der Waals surface area (Å²) in [4.78, 5) is 36.4. The molecular formula is C17H26O4. The third-order valence-electron chi connectivity index (χ3n) is 4.28. The summed E-state index contributed by atoms with van der Waals surface area (Å²) in [5.74, 6) is -1.94. The van der Waals surface area contributed by atoms with E-state index in [4.69, 9.17) is 4.74 Å². The Morgan fingerprint density at radius 1 is 1.10 bits per heavy atom. The zero-order valence-electron chi connectivity index (χ0n) is 13.6. The molecule has 0 aromatic carbocycles. The van der Waals surface area contributed by atoms with Crippen LogP contribution in [0.2, 0.25) is 0 Å². The van der Waals surface area contributed by atoms with E-state index in [0.29, 0.717) is 12.8 Å². The summed E-state index contributed by atoms with van der Waals surface area (Å²) in [7, 11) is 0. The van der Waals surface area contributed by atoms with Crippen LogP contribution in [0.25, 0.3) is 0 Å². The van der Waals surface area contributed by atoms with Gasteiger partial charge in [-0.25, -0.2) is 0 Å². The van der Waals surface area contributed by atoms with Crippen LogP contribution in [0.1, 0.15) is 47.5 Å². The first-order valence-corrected chi connectivity index (χ1v) is 7.74. The van der Waals surface area contributed by atoms with Crippen molar-refractivity contribution < 1.29 is 19.1 Å². The minimum atomic E-state index is -0.771. The van der Waals surface area contributed by atoms with Crippen LogP contribution in [0.4, 0.5) is 0 Å². The van der Waals surface area contributed by atoms with E-state index in [1.165, 1.54) is 0 Å². The molecule has 1 heterocycles. The van der Waals surface area contributed by atoms with Gasteiger partial charge in [0.1, 0.15) is 17.8 Å². The average Bonchev–Trinajstić information content (AvgIpc) is 2.46. The Labute approximate surface area is 126 Å². The Kier molecular flexibility index (Phi) is 6.31. The maximum atomic E-state index is 12.3. The zero-order chi connectivity index (χ0) is 16.2. The quantitative estimate of drug-likeness (QED) is 0.551. The lowest BCUT2D eigenvalue weighted by Crippen LogP contribution is -2.34. The van der Waals surface area contributed by atoms with Crippen molar-refractivity contribution in [3.63, 3.8) is 0 Å². The molecule has 0 saturated heterocycles. The molecule has 0 radical (unpaired) electrons. The Hall–Kier alpha value is -1.45. The molecule has 0 fully saturated rings. The molecule has 4 nitrogen and oxygen atoms in total. The maximum Gasteiger partial charge on any atom is 0.316 e. The Morgan fingerprint density at radius 2 is 1.71 bits per heavy atom. The number of hydrogen-bond donors (Lipinski definition) is 0. The molecule has 0 N–H and O–H groups in total. The number of Topliss-reactive ketones (excluding diaryl/α,β-unsaturated/α-hetero) is 1. The van der Waals surface area contributed by atoms with Gasteiger partial charge in [-0.2, -0.15) is 0 Å². The molecule has 1 aliphatic rings. The number of carbonyl (C=O) groups excluding carboxylic acids is 3. The molecule has 1 aliphatic heterocycles. The van der Waals surface area contributed by atoms with Crippen molar-refractivity contribution in [1.29, 1.82) is 0 Å². The maximum absolute atomic E-state index is 12.3. The molecular weight excluding hydrogens is 268 g/mol. The van der Waals surface area contributed by atoms with E-state index in [1.54, 1.807) is 26.0 Å². The van der Waals surface area contributed by atoms with Gasteiger partial charge in [-0.05, 0) is 25.8 Å². The summed E-state index contributed by atoms with van der Waals surface area (Å²) in [6, 6.07) is 0. The Balaban J connectivity index is 3.07. The van der Waals surface area contributed by atoms with Gasteiger partial charge in [0.2, 0.25) is 0 Å². The molecule has 0 amide bonds. The molecule has 21 heavy (non-hydrogen) atoms. The van der Waals surface area contributed by atoms with Crippen molar-refractivity contribution in [3.8, 4) is 0 Å². The average molecular weight is 294 g/mol. The van der Waals surface area contributed by atoms with E-state index in [9.17, 15) is 14.4 Å². The van der Waals surface area contributed by atoms with Gasteiger partial charge in [0, 0.05) is 17.8 Å². The van der Waals surface area contributed by atoms with Gasteiger partial charge in [-0.3, -0.25) is 14.4 Å². The molecule has 5 atom stereocenters. The molecule has 5 unspecified atom stereocenters. The normalized spacial score (nSPS) is 35.9. The van der Waals surface area contributed by atoms with Crippen LogP contribution in [0.5, 0.6) is 0 Å². The van der Waals surface area contributed by atoms with Crippen molar-refractivity contribution in [1.82, 2.24) is 0 Å². The number of allylic oxidation sites excluding steroid dienone is 1. The Bertz CT molecular complexity index is 438. The number of esters is 1. The molecule has 118 valence electrons.